The molecular formula is C16H22N4. The van der Waals surface area contributed by atoms with Crippen molar-refractivity contribution in [3.63, 3.8) is 0 Å². The second-order valence-corrected chi connectivity index (χ2v) is 5.62. The van der Waals surface area contributed by atoms with Gasteiger partial charge in [0, 0.05) is 19.0 Å². The normalized spacial score (nSPS) is 19.6. The summed E-state index contributed by atoms with van der Waals surface area (Å²) in [6, 6.07) is 11.2. The minimum absolute atomic E-state index is 0.634. The summed E-state index contributed by atoms with van der Waals surface area (Å²) < 4.78 is 2.07. The van der Waals surface area contributed by atoms with Gasteiger partial charge >= 0.3 is 0 Å². The molecule has 1 aliphatic rings. The largest absolute Gasteiger partial charge is 0.303 e. The molecule has 1 atom stereocenters. The highest BCUT2D eigenvalue weighted by Gasteiger charge is 2.22. The van der Waals surface area contributed by atoms with Gasteiger partial charge in [0.1, 0.15) is 12.2 Å². The SMILES string of the molecule is CN1CCCC1Cc1ncnn1CCc1ccccc1. The first-order valence-corrected chi connectivity index (χ1v) is 7.44. The molecular weight excluding hydrogens is 248 g/mol. The highest BCUT2D eigenvalue weighted by Crippen LogP contribution is 2.18. The van der Waals surface area contributed by atoms with Crippen LogP contribution >= 0.6 is 0 Å². The van der Waals surface area contributed by atoms with E-state index in [2.05, 4.69) is 57.0 Å². The third-order valence-electron chi connectivity index (χ3n) is 4.24. The first kappa shape index (κ1) is 13.3. The van der Waals surface area contributed by atoms with Gasteiger partial charge in [-0.25, -0.2) is 9.67 Å². The summed E-state index contributed by atoms with van der Waals surface area (Å²) in [4.78, 5) is 6.89. The van der Waals surface area contributed by atoms with Gasteiger partial charge in [-0.3, -0.25) is 0 Å². The molecule has 4 nitrogen and oxygen atoms in total. The molecule has 20 heavy (non-hydrogen) atoms. The smallest absolute Gasteiger partial charge is 0.138 e. The van der Waals surface area contributed by atoms with Crippen molar-refractivity contribution < 1.29 is 0 Å². The predicted molar refractivity (Wildman–Crippen MR) is 79.5 cm³/mol. The molecule has 0 spiro atoms. The lowest BCUT2D eigenvalue weighted by atomic mass is 10.1. The van der Waals surface area contributed by atoms with E-state index in [0.717, 1.165) is 25.2 Å². The third-order valence-corrected chi connectivity index (χ3v) is 4.24. The van der Waals surface area contributed by atoms with Crippen LogP contribution in [0.2, 0.25) is 0 Å². The van der Waals surface area contributed by atoms with Crippen LogP contribution in [-0.4, -0.2) is 39.3 Å². The number of likely N-dealkylation sites (tertiary alicyclic amines) is 1. The maximum absolute atomic E-state index is 4.45. The molecule has 0 amide bonds. The standard InChI is InChI=1S/C16H22N4/c1-19-10-5-8-15(19)12-16-17-13-18-20(16)11-9-14-6-3-2-4-7-14/h2-4,6-7,13,15H,5,8-12H2,1H3. The van der Waals surface area contributed by atoms with Gasteiger partial charge in [0.05, 0.1) is 0 Å². The molecule has 1 saturated heterocycles. The van der Waals surface area contributed by atoms with Crippen molar-refractivity contribution in [3.8, 4) is 0 Å². The van der Waals surface area contributed by atoms with Crippen LogP contribution in [0.3, 0.4) is 0 Å². The van der Waals surface area contributed by atoms with Crippen LogP contribution in [0, 0.1) is 0 Å². The Balaban J connectivity index is 1.61. The molecule has 2 heterocycles. The summed E-state index contributed by atoms with van der Waals surface area (Å²) in [6.45, 7) is 2.12. The average molecular weight is 270 g/mol. The van der Waals surface area contributed by atoms with Crippen LogP contribution in [-0.2, 0) is 19.4 Å². The molecule has 3 rings (SSSR count). The van der Waals surface area contributed by atoms with Crippen molar-refractivity contribution in [1.82, 2.24) is 19.7 Å². The summed E-state index contributed by atoms with van der Waals surface area (Å²) in [5.41, 5.74) is 1.35. The van der Waals surface area contributed by atoms with E-state index in [4.69, 9.17) is 0 Å². The fourth-order valence-corrected chi connectivity index (χ4v) is 2.96. The molecule has 0 saturated carbocycles. The van der Waals surface area contributed by atoms with E-state index < -0.39 is 0 Å². The van der Waals surface area contributed by atoms with E-state index in [9.17, 15) is 0 Å². The fraction of sp³-hybridized carbons (Fsp3) is 0.500. The lowest BCUT2D eigenvalue weighted by Gasteiger charge is -2.19. The molecule has 1 unspecified atom stereocenters. The molecule has 4 heteroatoms. The molecule has 1 fully saturated rings. The van der Waals surface area contributed by atoms with E-state index in [-0.39, 0.29) is 0 Å². The van der Waals surface area contributed by atoms with Gasteiger partial charge in [-0.15, -0.1) is 0 Å². The number of hydrogen-bond donors (Lipinski definition) is 0. The van der Waals surface area contributed by atoms with E-state index in [1.54, 1.807) is 6.33 Å². The number of hydrogen-bond acceptors (Lipinski definition) is 3. The third kappa shape index (κ3) is 3.07. The molecule has 1 aromatic heterocycles. The van der Waals surface area contributed by atoms with E-state index in [1.807, 2.05) is 0 Å². The lowest BCUT2D eigenvalue weighted by Crippen LogP contribution is -2.28. The van der Waals surface area contributed by atoms with Crippen LogP contribution in [0.1, 0.15) is 24.2 Å². The Morgan fingerprint density at radius 1 is 1.25 bits per heavy atom. The highest BCUT2D eigenvalue weighted by molar-refractivity contribution is 5.14. The second kappa shape index (κ2) is 6.18. The number of benzene rings is 1. The van der Waals surface area contributed by atoms with Gasteiger partial charge in [-0.2, -0.15) is 5.10 Å². The Kier molecular flexibility index (Phi) is 4.11. The zero-order valence-electron chi connectivity index (χ0n) is 12.1. The number of likely N-dealkylation sites (N-methyl/N-ethyl adjacent to an activating group) is 1. The number of rotatable bonds is 5. The molecule has 0 bridgehead atoms. The summed E-state index contributed by atoms with van der Waals surface area (Å²) >= 11 is 0. The van der Waals surface area contributed by atoms with E-state index in [1.165, 1.54) is 24.9 Å². The van der Waals surface area contributed by atoms with Gasteiger partial charge in [0.25, 0.3) is 0 Å². The van der Waals surface area contributed by atoms with Gasteiger partial charge in [0.15, 0.2) is 0 Å². The predicted octanol–water partition coefficient (Wildman–Crippen LogP) is 2.16. The molecule has 0 radical (unpaired) electrons. The van der Waals surface area contributed by atoms with Crippen LogP contribution < -0.4 is 0 Å². The monoisotopic (exact) mass is 270 g/mol. The van der Waals surface area contributed by atoms with Gasteiger partial charge < -0.3 is 4.90 Å². The van der Waals surface area contributed by atoms with Gasteiger partial charge in [0.2, 0.25) is 0 Å². The Hall–Kier alpha value is -1.68. The van der Waals surface area contributed by atoms with Crippen LogP contribution in [0.5, 0.6) is 0 Å². The minimum Gasteiger partial charge on any atom is -0.303 e. The van der Waals surface area contributed by atoms with E-state index >= 15 is 0 Å². The zero-order chi connectivity index (χ0) is 13.8. The Bertz CT molecular complexity index is 534. The summed E-state index contributed by atoms with van der Waals surface area (Å²) in [6.07, 6.45) is 6.31. The highest BCUT2D eigenvalue weighted by atomic mass is 15.3. The van der Waals surface area contributed by atoms with Crippen molar-refractivity contribution >= 4 is 0 Å². The topological polar surface area (TPSA) is 34.0 Å². The van der Waals surface area contributed by atoms with Crippen LogP contribution in [0.4, 0.5) is 0 Å². The van der Waals surface area contributed by atoms with Crippen molar-refractivity contribution in [2.45, 2.75) is 38.3 Å². The van der Waals surface area contributed by atoms with Crippen molar-refractivity contribution in [2.24, 2.45) is 0 Å². The molecule has 0 aliphatic carbocycles. The van der Waals surface area contributed by atoms with Crippen LogP contribution in [0.25, 0.3) is 0 Å². The maximum Gasteiger partial charge on any atom is 0.138 e. The molecule has 1 aliphatic heterocycles. The molecule has 0 N–H and O–H groups in total. The summed E-state index contributed by atoms with van der Waals surface area (Å²) in [7, 11) is 2.21. The maximum atomic E-state index is 4.45. The molecule has 2 aromatic rings. The van der Waals surface area contributed by atoms with Gasteiger partial charge in [-0.05, 0) is 38.4 Å². The van der Waals surface area contributed by atoms with Crippen molar-refractivity contribution in [3.05, 3.63) is 48.0 Å². The summed E-state index contributed by atoms with van der Waals surface area (Å²) in [5.74, 6) is 1.12. The summed E-state index contributed by atoms with van der Waals surface area (Å²) in [5, 5.41) is 4.39. The average Bonchev–Trinajstić information content (AvgIpc) is 3.08. The zero-order valence-corrected chi connectivity index (χ0v) is 12.1. The Morgan fingerprint density at radius 3 is 2.85 bits per heavy atom. The Morgan fingerprint density at radius 2 is 2.10 bits per heavy atom. The second-order valence-electron chi connectivity index (χ2n) is 5.62. The van der Waals surface area contributed by atoms with Gasteiger partial charge in [-0.1, -0.05) is 30.3 Å². The minimum atomic E-state index is 0.634. The Labute approximate surface area is 120 Å². The van der Waals surface area contributed by atoms with Crippen molar-refractivity contribution in [1.29, 1.82) is 0 Å². The van der Waals surface area contributed by atoms with Crippen LogP contribution in [0.15, 0.2) is 36.7 Å². The first-order chi connectivity index (χ1) is 9.83. The first-order valence-electron chi connectivity index (χ1n) is 7.44. The molecule has 1 aromatic carbocycles. The number of aromatic nitrogens is 3. The van der Waals surface area contributed by atoms with E-state index in [0.29, 0.717) is 6.04 Å². The fourth-order valence-electron chi connectivity index (χ4n) is 2.96. The molecule has 106 valence electrons. The quantitative estimate of drug-likeness (QED) is 0.835. The lowest BCUT2D eigenvalue weighted by molar-refractivity contribution is 0.302. The number of nitrogens with zero attached hydrogens (tertiary/aromatic N) is 4. The number of aryl methyl sites for hydroxylation is 2. The van der Waals surface area contributed by atoms with Crippen molar-refractivity contribution in [2.75, 3.05) is 13.6 Å².